The maximum Gasteiger partial charge on any atom is 0.133 e. The van der Waals surface area contributed by atoms with Gasteiger partial charge in [-0.1, -0.05) is 38.1 Å². The Kier molecular flexibility index (Phi) is 6.63. The minimum atomic E-state index is 0.107. The van der Waals surface area contributed by atoms with Gasteiger partial charge in [0.25, 0.3) is 0 Å². The molecule has 0 bridgehead atoms. The minimum Gasteiger partial charge on any atom is -0.391 e. The molecule has 0 spiro atoms. The van der Waals surface area contributed by atoms with E-state index in [9.17, 15) is 0 Å². The highest BCUT2D eigenvalue weighted by atomic mass is 32.2. The lowest BCUT2D eigenvalue weighted by molar-refractivity contribution is 0.316. The van der Waals surface area contributed by atoms with Gasteiger partial charge in [0.2, 0.25) is 0 Å². The van der Waals surface area contributed by atoms with Gasteiger partial charge in [-0.05, 0) is 22.4 Å². The van der Waals surface area contributed by atoms with Crippen LogP contribution in [0.2, 0.25) is 0 Å². The summed E-state index contributed by atoms with van der Waals surface area (Å²) in [7, 11) is 0.107. The molecular formula is C14H23O2S+. The summed E-state index contributed by atoms with van der Waals surface area (Å²) in [5.74, 6) is 3.13. The van der Waals surface area contributed by atoms with Crippen LogP contribution in [0.4, 0.5) is 0 Å². The van der Waals surface area contributed by atoms with E-state index in [4.69, 9.17) is 10.2 Å². The van der Waals surface area contributed by atoms with Gasteiger partial charge in [0.1, 0.15) is 17.3 Å². The predicted molar refractivity (Wildman–Crippen MR) is 75.5 cm³/mol. The van der Waals surface area contributed by atoms with Crippen molar-refractivity contribution < 1.29 is 10.2 Å². The van der Waals surface area contributed by atoms with Crippen LogP contribution < -0.4 is 0 Å². The van der Waals surface area contributed by atoms with Crippen molar-refractivity contribution in [2.24, 2.45) is 0 Å². The molecule has 0 unspecified atom stereocenters. The van der Waals surface area contributed by atoms with Crippen LogP contribution >= 0.6 is 0 Å². The molecule has 0 aliphatic heterocycles. The maximum atomic E-state index is 8.98. The van der Waals surface area contributed by atoms with Crippen molar-refractivity contribution in [1.82, 2.24) is 0 Å². The highest BCUT2D eigenvalue weighted by Gasteiger charge is 2.17. The molecule has 0 fully saturated rings. The largest absolute Gasteiger partial charge is 0.391 e. The molecule has 0 aliphatic carbocycles. The molecule has 96 valence electrons. The first-order valence-corrected chi connectivity index (χ1v) is 7.85. The number of hydrogen-bond donors (Lipinski definition) is 2. The van der Waals surface area contributed by atoms with Crippen LogP contribution in [-0.4, -0.2) is 34.9 Å². The Labute approximate surface area is 107 Å². The third kappa shape index (κ3) is 5.11. The number of hydrogen-bond acceptors (Lipinski definition) is 2. The van der Waals surface area contributed by atoms with Gasteiger partial charge in [-0.2, -0.15) is 0 Å². The third-order valence-electron chi connectivity index (χ3n) is 2.78. The summed E-state index contributed by atoms with van der Waals surface area (Å²) in [5.41, 5.74) is 2.66. The Balaban J connectivity index is 2.59. The van der Waals surface area contributed by atoms with E-state index in [-0.39, 0.29) is 24.1 Å². The second-order valence-corrected chi connectivity index (χ2v) is 6.84. The Morgan fingerprint density at radius 2 is 1.53 bits per heavy atom. The van der Waals surface area contributed by atoms with Gasteiger partial charge in [0.05, 0.1) is 13.2 Å². The van der Waals surface area contributed by atoms with Crippen molar-refractivity contribution in [1.29, 1.82) is 0 Å². The molecule has 0 atom stereocenters. The summed E-state index contributed by atoms with van der Waals surface area (Å²) >= 11 is 0. The van der Waals surface area contributed by atoms with Crippen LogP contribution in [0, 0.1) is 0 Å². The molecule has 0 aliphatic rings. The molecule has 0 amide bonds. The first-order chi connectivity index (χ1) is 8.17. The van der Waals surface area contributed by atoms with Crippen molar-refractivity contribution in [2.75, 3.05) is 24.7 Å². The monoisotopic (exact) mass is 255 g/mol. The Morgan fingerprint density at radius 1 is 1.00 bits per heavy atom. The van der Waals surface area contributed by atoms with E-state index in [1.807, 2.05) is 0 Å². The number of aliphatic hydroxyl groups is 2. The molecule has 0 aromatic heterocycles. The smallest absolute Gasteiger partial charge is 0.133 e. The van der Waals surface area contributed by atoms with E-state index >= 15 is 0 Å². The second kappa shape index (κ2) is 7.75. The predicted octanol–water partition coefficient (Wildman–Crippen LogP) is 1.91. The van der Waals surface area contributed by atoms with E-state index in [1.165, 1.54) is 11.1 Å². The van der Waals surface area contributed by atoms with Crippen molar-refractivity contribution in [3.05, 3.63) is 35.4 Å². The quantitative estimate of drug-likeness (QED) is 0.731. The number of aliphatic hydroxyl groups excluding tert-OH is 2. The Bertz CT molecular complexity index is 303. The first kappa shape index (κ1) is 14.6. The average Bonchev–Trinajstić information content (AvgIpc) is 2.30. The molecular weight excluding hydrogens is 232 g/mol. The summed E-state index contributed by atoms with van der Waals surface area (Å²) in [6.07, 6.45) is 0. The lowest BCUT2D eigenvalue weighted by Gasteiger charge is -2.08. The molecule has 1 rings (SSSR count). The van der Waals surface area contributed by atoms with Crippen LogP contribution in [0.5, 0.6) is 0 Å². The Morgan fingerprint density at radius 3 is 1.94 bits per heavy atom. The summed E-state index contributed by atoms with van der Waals surface area (Å²) < 4.78 is 0. The fraction of sp³-hybridized carbons (Fsp3) is 0.571. The zero-order valence-electron chi connectivity index (χ0n) is 10.7. The van der Waals surface area contributed by atoms with Gasteiger partial charge >= 0.3 is 0 Å². The molecule has 17 heavy (non-hydrogen) atoms. The molecule has 2 nitrogen and oxygen atoms in total. The standard InChI is InChI=1S/C14H23O2S/c1-12(2)14-5-3-13(4-6-14)11-17(9-7-15)10-8-16/h3-6,12,15-16H,7-11H2,1-2H3/q+1. The lowest BCUT2D eigenvalue weighted by atomic mass is 10.0. The van der Waals surface area contributed by atoms with Crippen LogP contribution in [0.15, 0.2) is 24.3 Å². The van der Waals surface area contributed by atoms with Crippen LogP contribution in [0.25, 0.3) is 0 Å². The van der Waals surface area contributed by atoms with Crippen molar-refractivity contribution in [3.63, 3.8) is 0 Å². The average molecular weight is 255 g/mol. The summed E-state index contributed by atoms with van der Waals surface area (Å²) in [5, 5.41) is 18.0. The van der Waals surface area contributed by atoms with E-state index in [0.29, 0.717) is 5.92 Å². The van der Waals surface area contributed by atoms with E-state index in [0.717, 1.165) is 17.3 Å². The summed E-state index contributed by atoms with van der Waals surface area (Å²) in [6.45, 7) is 4.81. The minimum absolute atomic E-state index is 0.107. The number of benzene rings is 1. The van der Waals surface area contributed by atoms with Gasteiger partial charge in [0, 0.05) is 5.56 Å². The van der Waals surface area contributed by atoms with Gasteiger partial charge in [-0.3, -0.25) is 0 Å². The zero-order chi connectivity index (χ0) is 12.7. The molecule has 1 aromatic rings. The van der Waals surface area contributed by atoms with Crippen molar-refractivity contribution >= 4 is 10.9 Å². The topological polar surface area (TPSA) is 40.5 Å². The fourth-order valence-corrected chi connectivity index (χ4v) is 3.41. The number of rotatable bonds is 7. The van der Waals surface area contributed by atoms with Gasteiger partial charge in [0.15, 0.2) is 0 Å². The van der Waals surface area contributed by atoms with E-state index in [1.54, 1.807) is 0 Å². The van der Waals surface area contributed by atoms with Gasteiger partial charge < -0.3 is 10.2 Å². The van der Waals surface area contributed by atoms with Gasteiger partial charge in [-0.15, -0.1) is 0 Å². The van der Waals surface area contributed by atoms with E-state index in [2.05, 4.69) is 38.1 Å². The lowest BCUT2D eigenvalue weighted by Crippen LogP contribution is -2.19. The summed E-state index contributed by atoms with van der Waals surface area (Å²) in [6, 6.07) is 8.70. The second-order valence-electron chi connectivity index (χ2n) is 4.51. The normalized spacial score (nSPS) is 11.4. The zero-order valence-corrected chi connectivity index (χ0v) is 11.5. The molecule has 2 N–H and O–H groups in total. The Hall–Kier alpha value is -0.510. The highest BCUT2D eigenvalue weighted by Crippen LogP contribution is 2.16. The van der Waals surface area contributed by atoms with E-state index < -0.39 is 0 Å². The maximum absolute atomic E-state index is 8.98. The SMILES string of the molecule is CC(C)c1ccc(C[S+](CCO)CCO)cc1. The highest BCUT2D eigenvalue weighted by molar-refractivity contribution is 7.96. The molecule has 3 heteroatoms. The summed E-state index contributed by atoms with van der Waals surface area (Å²) in [4.78, 5) is 0. The van der Waals surface area contributed by atoms with Crippen LogP contribution in [-0.2, 0) is 16.6 Å². The van der Waals surface area contributed by atoms with Crippen molar-refractivity contribution in [2.45, 2.75) is 25.5 Å². The molecule has 1 aromatic carbocycles. The van der Waals surface area contributed by atoms with Crippen molar-refractivity contribution in [3.8, 4) is 0 Å². The fourth-order valence-electron chi connectivity index (χ4n) is 1.74. The molecule has 0 saturated carbocycles. The molecule has 0 radical (unpaired) electrons. The van der Waals surface area contributed by atoms with Crippen LogP contribution in [0.3, 0.4) is 0 Å². The third-order valence-corrected chi connectivity index (χ3v) is 5.04. The molecule has 0 saturated heterocycles. The first-order valence-electron chi connectivity index (χ1n) is 6.12. The molecule has 0 heterocycles. The van der Waals surface area contributed by atoms with Crippen LogP contribution in [0.1, 0.15) is 30.9 Å². The van der Waals surface area contributed by atoms with Gasteiger partial charge in [-0.25, -0.2) is 0 Å².